The van der Waals surface area contributed by atoms with Crippen LogP contribution in [0.15, 0.2) is 109 Å². The van der Waals surface area contributed by atoms with Crippen LogP contribution in [0, 0.1) is 0 Å². The van der Waals surface area contributed by atoms with Gasteiger partial charge in [-0.2, -0.15) is 0 Å². The quantitative estimate of drug-likeness (QED) is 0.0243. The van der Waals surface area contributed by atoms with Crippen LogP contribution < -0.4 is 5.32 Å². The van der Waals surface area contributed by atoms with Crippen LogP contribution in [0.2, 0.25) is 0 Å². The normalized spacial score (nSPS) is 14.6. The summed E-state index contributed by atoms with van der Waals surface area (Å²) in [6.07, 6.45) is 80.6. The summed E-state index contributed by atoms with van der Waals surface area (Å²) in [6, 6.07) is -0.883. The third-order valence-corrected chi connectivity index (χ3v) is 14.0. The van der Waals surface area contributed by atoms with Crippen molar-refractivity contribution in [3.05, 3.63) is 109 Å². The molecule has 3 atom stereocenters. The van der Waals surface area contributed by atoms with Crippen LogP contribution in [-0.4, -0.2) is 73.4 Å². The first-order valence-corrected chi connectivity index (χ1v) is 31.8. The van der Waals surface area contributed by atoms with Gasteiger partial charge in [-0.05, 0) is 89.9 Å². The van der Waals surface area contributed by atoms with Gasteiger partial charge in [0.1, 0.15) is 13.2 Å². The molecule has 0 spiro atoms. The van der Waals surface area contributed by atoms with Crippen molar-refractivity contribution < 1.29 is 32.9 Å². The number of aliphatic hydroxyl groups excluding tert-OH is 1. The molecule has 74 heavy (non-hydrogen) atoms. The van der Waals surface area contributed by atoms with Gasteiger partial charge in [-0.3, -0.25) is 13.8 Å². The molecule has 3 N–H and O–H groups in total. The van der Waals surface area contributed by atoms with E-state index < -0.39 is 20.0 Å². The zero-order chi connectivity index (χ0) is 54.2. The van der Waals surface area contributed by atoms with Gasteiger partial charge >= 0.3 is 7.82 Å². The molecule has 3 unspecified atom stereocenters. The number of nitrogens with one attached hydrogen (secondary N) is 1. The zero-order valence-corrected chi connectivity index (χ0v) is 49.4. The van der Waals surface area contributed by atoms with E-state index >= 15 is 0 Å². The van der Waals surface area contributed by atoms with Gasteiger partial charge in [0.25, 0.3) is 0 Å². The minimum absolute atomic E-state index is 0.0461. The van der Waals surface area contributed by atoms with Crippen LogP contribution in [0.4, 0.5) is 0 Å². The van der Waals surface area contributed by atoms with E-state index in [0.29, 0.717) is 17.4 Å². The molecule has 0 saturated carbocycles. The summed E-state index contributed by atoms with van der Waals surface area (Å²) in [7, 11) is 1.53. The Morgan fingerprint density at radius 3 is 1.24 bits per heavy atom. The maximum Gasteiger partial charge on any atom is 0.472 e. The van der Waals surface area contributed by atoms with Crippen LogP contribution in [0.5, 0.6) is 0 Å². The molecular weight excluding hydrogens is 936 g/mol. The second-order valence-electron chi connectivity index (χ2n) is 21.3. The Kier molecular flexibility index (Phi) is 52.8. The zero-order valence-electron chi connectivity index (χ0n) is 48.5. The predicted octanol–water partition coefficient (Wildman–Crippen LogP) is 18.8. The summed E-state index contributed by atoms with van der Waals surface area (Å²) in [6.45, 7) is 4.67. The number of allylic oxidation sites excluding steroid dienone is 17. The summed E-state index contributed by atoms with van der Waals surface area (Å²) < 4.78 is 23.7. The van der Waals surface area contributed by atoms with Crippen molar-refractivity contribution in [3.8, 4) is 0 Å². The van der Waals surface area contributed by atoms with Gasteiger partial charge in [0, 0.05) is 6.42 Å². The summed E-state index contributed by atoms with van der Waals surface area (Å²) in [5.74, 6) is -0.208. The number of amides is 1. The van der Waals surface area contributed by atoms with Crippen molar-refractivity contribution >= 4 is 13.7 Å². The molecule has 0 fully saturated rings. The van der Waals surface area contributed by atoms with E-state index in [9.17, 15) is 19.4 Å². The molecule has 0 aromatic carbocycles. The highest BCUT2D eigenvalue weighted by Crippen LogP contribution is 2.43. The van der Waals surface area contributed by atoms with E-state index in [1.165, 1.54) is 122 Å². The molecule has 0 aromatic heterocycles. The number of carbonyl (C=O) groups excluding carboxylic acids is 1. The van der Waals surface area contributed by atoms with Crippen LogP contribution in [0.25, 0.3) is 0 Å². The Hall–Kier alpha value is -2.84. The van der Waals surface area contributed by atoms with Crippen molar-refractivity contribution in [1.82, 2.24) is 5.32 Å². The molecule has 0 aliphatic heterocycles. The summed E-state index contributed by atoms with van der Waals surface area (Å²) >= 11 is 0. The van der Waals surface area contributed by atoms with E-state index in [2.05, 4.69) is 116 Å². The molecule has 0 radical (unpaired) electrons. The van der Waals surface area contributed by atoms with E-state index in [0.717, 1.165) is 103 Å². The topological polar surface area (TPSA) is 105 Å². The third kappa shape index (κ3) is 56.9. The lowest BCUT2D eigenvalue weighted by molar-refractivity contribution is -0.870. The van der Waals surface area contributed by atoms with Crippen LogP contribution in [0.3, 0.4) is 0 Å². The molecule has 0 aromatic rings. The Morgan fingerprint density at radius 2 is 0.824 bits per heavy atom. The number of likely N-dealkylation sites (N-methyl/N-ethyl adjacent to an activating group) is 1. The number of phosphoric ester groups is 1. The molecule has 8 nitrogen and oxygen atoms in total. The number of rotatable bonds is 54. The molecule has 0 rings (SSSR count). The van der Waals surface area contributed by atoms with Gasteiger partial charge in [0.15, 0.2) is 0 Å². The molecule has 426 valence electrons. The van der Waals surface area contributed by atoms with Gasteiger partial charge in [-0.1, -0.05) is 258 Å². The molecule has 0 saturated heterocycles. The van der Waals surface area contributed by atoms with Crippen LogP contribution >= 0.6 is 7.82 Å². The minimum Gasteiger partial charge on any atom is -0.387 e. The SMILES string of the molecule is CC/C=C\C/C=C\C/C=C\C/C=C\C/C=C\C/C=C\C/C=C\CCCCCCCC(=O)NC(COP(=O)(O)OCC[N+](C)(C)C)C(O)/C=C/CC/C=C/CCCCCCCCCCCCCCCCCCCCC. The molecule has 0 aliphatic carbocycles. The highest BCUT2D eigenvalue weighted by molar-refractivity contribution is 7.47. The van der Waals surface area contributed by atoms with E-state index in [4.69, 9.17) is 9.05 Å². The summed E-state index contributed by atoms with van der Waals surface area (Å²) in [4.78, 5) is 23.3. The lowest BCUT2D eigenvalue weighted by Gasteiger charge is -2.25. The molecule has 9 heteroatoms. The monoisotopic (exact) mass is 1050 g/mol. The smallest absolute Gasteiger partial charge is 0.387 e. The van der Waals surface area contributed by atoms with Crippen molar-refractivity contribution in [3.63, 3.8) is 0 Å². The molecule has 1 amide bonds. The highest BCUT2D eigenvalue weighted by Gasteiger charge is 2.27. The Morgan fingerprint density at radius 1 is 0.473 bits per heavy atom. The van der Waals surface area contributed by atoms with E-state index in [1.807, 2.05) is 27.2 Å². The number of carbonyl (C=O) groups is 1. The number of unbranched alkanes of at least 4 members (excludes halogenated alkanes) is 25. The number of hydrogen-bond acceptors (Lipinski definition) is 5. The lowest BCUT2D eigenvalue weighted by atomic mass is 10.0. The van der Waals surface area contributed by atoms with Crippen molar-refractivity contribution in [2.75, 3.05) is 40.9 Å². The van der Waals surface area contributed by atoms with Gasteiger partial charge in [-0.25, -0.2) is 4.57 Å². The number of hydrogen-bond donors (Lipinski definition) is 3. The molecular formula is C65H116N2O6P+. The van der Waals surface area contributed by atoms with Crippen molar-refractivity contribution in [2.45, 2.75) is 257 Å². The minimum atomic E-state index is -4.37. The molecule has 0 heterocycles. The first-order chi connectivity index (χ1) is 36.0. The summed E-state index contributed by atoms with van der Waals surface area (Å²) in [5.41, 5.74) is 0. The van der Waals surface area contributed by atoms with Crippen molar-refractivity contribution in [1.29, 1.82) is 0 Å². The number of phosphoric acid groups is 1. The maximum absolute atomic E-state index is 13.0. The van der Waals surface area contributed by atoms with E-state index in [1.54, 1.807) is 6.08 Å². The fourth-order valence-corrected chi connectivity index (χ4v) is 9.01. The lowest BCUT2D eigenvalue weighted by Crippen LogP contribution is -2.45. The van der Waals surface area contributed by atoms with Crippen LogP contribution in [-0.2, 0) is 18.4 Å². The Balaban J connectivity index is 4.32. The third-order valence-electron chi connectivity index (χ3n) is 13.0. The largest absolute Gasteiger partial charge is 0.472 e. The highest BCUT2D eigenvalue weighted by atomic mass is 31.2. The number of quaternary nitrogens is 1. The Labute approximate surface area is 457 Å². The maximum atomic E-state index is 13.0. The number of nitrogens with zero attached hydrogens (tertiary/aromatic N) is 1. The Bertz CT molecular complexity index is 1570. The predicted molar refractivity (Wildman–Crippen MR) is 322 cm³/mol. The summed E-state index contributed by atoms with van der Waals surface area (Å²) in [5, 5.41) is 13.9. The standard InChI is InChI=1S/C65H115N2O6P/c1-6-8-10-12-14-16-18-20-22-24-26-28-30-32-33-35-37-39-41-43-45-47-49-51-53-55-57-59-65(69)66-63(62-73-74(70,71)72-61-60-67(3,4)5)64(68)58-56-54-52-50-48-46-44-42-40-38-36-34-31-29-27-25-23-21-19-17-15-13-11-9-7-2/h8,10,14,16,20,22,26,28,32-33,37,39,43,45,48,50,56,58,63-64,68H,6-7,9,11-13,15,17-19,21,23-25,27,29-31,34-36,38,40-42,44,46-47,49,51-55,57,59-62H2,1-5H3,(H-,66,69,70,71)/p+1/b10-8-,16-14-,22-20-,28-26-,33-32-,39-37-,45-43-,50-48+,58-56+. The first-order valence-electron chi connectivity index (χ1n) is 30.3. The number of aliphatic hydroxyl groups is 1. The van der Waals surface area contributed by atoms with Gasteiger partial charge in [-0.15, -0.1) is 0 Å². The second-order valence-corrected chi connectivity index (χ2v) is 22.8. The second kappa shape index (κ2) is 54.9. The fourth-order valence-electron chi connectivity index (χ4n) is 8.27. The fraction of sp³-hybridized carbons (Fsp3) is 0.708. The molecule has 0 aliphatic rings. The first kappa shape index (κ1) is 71.2. The average molecular weight is 1050 g/mol. The van der Waals surface area contributed by atoms with Crippen molar-refractivity contribution in [2.24, 2.45) is 0 Å². The average Bonchev–Trinajstić information content (AvgIpc) is 3.36. The van der Waals surface area contributed by atoms with Gasteiger partial charge in [0.05, 0.1) is 39.9 Å². The van der Waals surface area contributed by atoms with Gasteiger partial charge < -0.3 is 19.8 Å². The molecule has 0 bridgehead atoms. The van der Waals surface area contributed by atoms with E-state index in [-0.39, 0.29) is 19.1 Å². The van der Waals surface area contributed by atoms with Crippen LogP contribution in [0.1, 0.15) is 245 Å². The van der Waals surface area contributed by atoms with Gasteiger partial charge in [0.2, 0.25) is 5.91 Å².